The minimum absolute atomic E-state index is 0.253. The zero-order valence-electron chi connectivity index (χ0n) is 12.9. The fraction of sp³-hybridized carbons (Fsp3) is 0.375. The average Bonchev–Trinajstić information content (AvgIpc) is 2.74. The summed E-state index contributed by atoms with van der Waals surface area (Å²) in [4.78, 5) is 11.9. The minimum Gasteiger partial charge on any atom is -0.464 e. The Hall–Kier alpha value is -1.37. The molecule has 21 heavy (non-hydrogen) atoms. The van der Waals surface area contributed by atoms with Crippen LogP contribution in [0.2, 0.25) is 0 Å². The fourth-order valence-electron chi connectivity index (χ4n) is 2.41. The van der Waals surface area contributed by atoms with Gasteiger partial charge >= 0.3 is 5.97 Å². The summed E-state index contributed by atoms with van der Waals surface area (Å²) in [6.45, 7) is 8.31. The van der Waals surface area contributed by atoms with Gasteiger partial charge in [-0.2, -0.15) is 5.10 Å². The first kappa shape index (κ1) is 16.0. The molecule has 0 N–H and O–H groups in total. The lowest BCUT2D eigenvalue weighted by molar-refractivity contribution is 0.0592. The number of ether oxygens (including phenoxy) is 1. The maximum Gasteiger partial charge on any atom is 0.359 e. The summed E-state index contributed by atoms with van der Waals surface area (Å²) in [6.07, 6.45) is 0. The van der Waals surface area contributed by atoms with Crippen molar-refractivity contribution in [2.45, 2.75) is 33.6 Å². The van der Waals surface area contributed by atoms with Gasteiger partial charge in [0.05, 0.1) is 22.1 Å². The van der Waals surface area contributed by atoms with Gasteiger partial charge in [0.15, 0.2) is 5.69 Å². The Balaban J connectivity index is 2.70. The Kier molecular flexibility index (Phi) is 4.70. The van der Waals surface area contributed by atoms with Crippen molar-refractivity contribution >= 4 is 28.6 Å². The van der Waals surface area contributed by atoms with Crippen molar-refractivity contribution in [2.24, 2.45) is 0 Å². The van der Waals surface area contributed by atoms with Crippen molar-refractivity contribution in [1.82, 2.24) is 9.78 Å². The molecule has 5 heteroatoms. The van der Waals surface area contributed by atoms with Crippen LogP contribution in [0.5, 0.6) is 0 Å². The normalized spacial score (nSPS) is 11.0. The predicted molar refractivity (Wildman–Crippen MR) is 91.2 cm³/mol. The molecule has 0 saturated heterocycles. The van der Waals surface area contributed by atoms with E-state index in [-0.39, 0.29) is 5.92 Å². The van der Waals surface area contributed by atoms with Crippen LogP contribution in [0, 0.1) is 17.4 Å². The lowest BCUT2D eigenvalue weighted by Gasteiger charge is -2.12. The van der Waals surface area contributed by atoms with Gasteiger partial charge in [-0.1, -0.05) is 19.9 Å². The van der Waals surface area contributed by atoms with Crippen molar-refractivity contribution in [3.63, 3.8) is 0 Å². The number of aryl methyl sites for hydroxylation is 2. The quantitative estimate of drug-likeness (QED) is 0.580. The molecule has 0 unspecified atom stereocenters. The molecular formula is C16H19IN2O2. The summed E-state index contributed by atoms with van der Waals surface area (Å²) in [5.74, 6) is -0.145. The van der Waals surface area contributed by atoms with Crippen LogP contribution in [-0.2, 0) is 4.74 Å². The minimum atomic E-state index is -0.399. The van der Waals surface area contributed by atoms with E-state index in [1.54, 1.807) is 0 Å². The molecule has 0 saturated carbocycles. The highest BCUT2D eigenvalue weighted by Gasteiger charge is 2.24. The van der Waals surface area contributed by atoms with Crippen LogP contribution in [0.1, 0.15) is 47.1 Å². The zero-order valence-corrected chi connectivity index (χ0v) is 15.1. The molecule has 0 aliphatic carbocycles. The molecule has 0 fully saturated rings. The van der Waals surface area contributed by atoms with E-state index in [0.29, 0.717) is 5.69 Å². The van der Waals surface area contributed by atoms with Gasteiger partial charge in [0.2, 0.25) is 0 Å². The maximum atomic E-state index is 11.9. The van der Waals surface area contributed by atoms with Gasteiger partial charge < -0.3 is 4.74 Å². The lowest BCUT2D eigenvalue weighted by atomic mass is 10.1. The van der Waals surface area contributed by atoms with E-state index in [9.17, 15) is 4.79 Å². The van der Waals surface area contributed by atoms with Crippen LogP contribution >= 0.6 is 22.6 Å². The summed E-state index contributed by atoms with van der Waals surface area (Å²) in [6, 6.07) is 6.26. The number of hydrogen-bond acceptors (Lipinski definition) is 3. The lowest BCUT2D eigenvalue weighted by Crippen LogP contribution is -2.06. The number of halogens is 1. The zero-order chi connectivity index (χ0) is 15.7. The summed E-state index contributed by atoms with van der Waals surface area (Å²) in [7, 11) is 1.38. The smallest absolute Gasteiger partial charge is 0.359 e. The number of rotatable bonds is 3. The maximum absolute atomic E-state index is 11.9. The second-order valence-corrected chi connectivity index (χ2v) is 6.53. The largest absolute Gasteiger partial charge is 0.464 e. The number of esters is 1. The Bertz CT molecular complexity index is 670. The number of hydrogen-bond donors (Lipinski definition) is 0. The molecule has 0 amide bonds. The van der Waals surface area contributed by atoms with E-state index in [4.69, 9.17) is 4.74 Å². The van der Waals surface area contributed by atoms with Gasteiger partial charge in [0.25, 0.3) is 0 Å². The number of nitrogens with zero attached hydrogens (tertiary/aromatic N) is 2. The molecule has 0 spiro atoms. The number of benzene rings is 1. The standard InChI is InChI=1S/C16H19IN2O2/c1-9(2)15-13(17)14(16(20)21-5)18-19(15)12-7-10(3)6-11(4)8-12/h6-9H,1-5H3. The molecule has 2 rings (SSSR count). The third-order valence-corrected chi connectivity index (χ3v) is 4.30. The molecule has 1 aromatic heterocycles. The molecule has 4 nitrogen and oxygen atoms in total. The molecule has 0 atom stereocenters. The molecule has 0 bridgehead atoms. The number of methoxy groups -OCH3 is 1. The summed E-state index contributed by atoms with van der Waals surface area (Å²) in [5, 5.41) is 4.49. The van der Waals surface area contributed by atoms with E-state index in [0.717, 1.165) is 15.0 Å². The molecule has 0 aliphatic heterocycles. The van der Waals surface area contributed by atoms with Gasteiger partial charge in [-0.05, 0) is 65.6 Å². The number of carbonyl (C=O) groups is 1. The van der Waals surface area contributed by atoms with Gasteiger partial charge in [0.1, 0.15) is 0 Å². The highest BCUT2D eigenvalue weighted by Crippen LogP contribution is 2.28. The van der Waals surface area contributed by atoms with E-state index in [1.165, 1.54) is 18.2 Å². The topological polar surface area (TPSA) is 44.1 Å². The summed E-state index contributed by atoms with van der Waals surface area (Å²) < 4.78 is 7.54. The van der Waals surface area contributed by atoms with Gasteiger partial charge in [-0.15, -0.1) is 0 Å². The van der Waals surface area contributed by atoms with E-state index >= 15 is 0 Å². The molecule has 1 heterocycles. The summed E-state index contributed by atoms with van der Waals surface area (Å²) >= 11 is 2.18. The van der Waals surface area contributed by atoms with E-state index in [1.807, 2.05) is 4.68 Å². The van der Waals surface area contributed by atoms with Crippen LogP contribution < -0.4 is 0 Å². The SMILES string of the molecule is COC(=O)c1nn(-c2cc(C)cc(C)c2)c(C(C)C)c1I. The first-order valence-electron chi connectivity index (χ1n) is 6.80. The van der Waals surface area contributed by atoms with E-state index < -0.39 is 5.97 Å². The first-order chi connectivity index (χ1) is 9.85. The van der Waals surface area contributed by atoms with Crippen molar-refractivity contribution in [1.29, 1.82) is 0 Å². The first-order valence-corrected chi connectivity index (χ1v) is 7.88. The van der Waals surface area contributed by atoms with Crippen molar-refractivity contribution in [3.8, 4) is 5.69 Å². The highest BCUT2D eigenvalue weighted by atomic mass is 127. The van der Waals surface area contributed by atoms with Crippen LogP contribution in [0.15, 0.2) is 18.2 Å². The molecule has 2 aromatic rings. The van der Waals surface area contributed by atoms with Crippen LogP contribution in [0.3, 0.4) is 0 Å². The van der Waals surface area contributed by atoms with Gasteiger partial charge in [-0.3, -0.25) is 0 Å². The molecule has 0 aliphatic rings. The third kappa shape index (κ3) is 3.12. The molecule has 112 valence electrons. The Morgan fingerprint density at radius 1 is 1.24 bits per heavy atom. The van der Waals surface area contributed by atoms with E-state index in [2.05, 4.69) is 73.6 Å². The van der Waals surface area contributed by atoms with Gasteiger partial charge in [0, 0.05) is 0 Å². The van der Waals surface area contributed by atoms with Crippen molar-refractivity contribution in [3.05, 3.63) is 44.3 Å². The molecule has 1 aromatic carbocycles. The molecular weight excluding hydrogens is 379 g/mol. The second kappa shape index (κ2) is 6.17. The monoisotopic (exact) mass is 398 g/mol. The number of carbonyl (C=O) groups excluding carboxylic acids is 1. The number of aromatic nitrogens is 2. The Morgan fingerprint density at radius 2 is 1.81 bits per heavy atom. The Labute approximate surface area is 138 Å². The predicted octanol–water partition coefficient (Wildman–Crippen LogP) is 4.00. The van der Waals surface area contributed by atoms with Crippen LogP contribution in [-0.4, -0.2) is 22.9 Å². The average molecular weight is 398 g/mol. The van der Waals surface area contributed by atoms with Gasteiger partial charge in [-0.25, -0.2) is 9.48 Å². The van der Waals surface area contributed by atoms with Crippen LogP contribution in [0.4, 0.5) is 0 Å². The molecule has 0 radical (unpaired) electrons. The Morgan fingerprint density at radius 3 is 2.29 bits per heavy atom. The summed E-state index contributed by atoms with van der Waals surface area (Å²) in [5.41, 5.74) is 4.72. The van der Waals surface area contributed by atoms with Crippen molar-refractivity contribution < 1.29 is 9.53 Å². The second-order valence-electron chi connectivity index (χ2n) is 5.45. The van der Waals surface area contributed by atoms with Crippen LogP contribution in [0.25, 0.3) is 5.69 Å². The highest BCUT2D eigenvalue weighted by molar-refractivity contribution is 14.1. The van der Waals surface area contributed by atoms with Crippen molar-refractivity contribution in [2.75, 3.05) is 7.11 Å². The fourth-order valence-corrected chi connectivity index (χ4v) is 3.59. The third-order valence-electron chi connectivity index (χ3n) is 3.24.